The van der Waals surface area contributed by atoms with Gasteiger partial charge >= 0.3 is 0 Å². The van der Waals surface area contributed by atoms with Crippen LogP contribution in [0, 0.1) is 0 Å². The molecule has 1 aliphatic carbocycles. The van der Waals surface area contributed by atoms with Gasteiger partial charge in [-0.3, -0.25) is 11.3 Å². The van der Waals surface area contributed by atoms with Gasteiger partial charge in [0.15, 0.2) is 0 Å². The summed E-state index contributed by atoms with van der Waals surface area (Å²) in [6, 6.07) is 0.479. The standard InChI is InChI=1S/C10H20N2O/c11-12-9-4-7-13-10(8-9)5-2-1-3-6-10/h9,12H,1-8,11H2. The summed E-state index contributed by atoms with van der Waals surface area (Å²) in [5.41, 5.74) is 3.08. The van der Waals surface area contributed by atoms with Crippen LogP contribution in [0.1, 0.15) is 44.9 Å². The molecule has 1 aliphatic heterocycles. The highest BCUT2D eigenvalue weighted by molar-refractivity contribution is 4.91. The topological polar surface area (TPSA) is 47.3 Å². The van der Waals surface area contributed by atoms with E-state index < -0.39 is 0 Å². The van der Waals surface area contributed by atoms with Crippen molar-refractivity contribution in [3.63, 3.8) is 0 Å². The van der Waals surface area contributed by atoms with E-state index in [1.54, 1.807) is 0 Å². The first kappa shape index (κ1) is 9.44. The molecule has 0 aromatic carbocycles. The number of hydrazine groups is 1. The second kappa shape index (κ2) is 3.95. The first-order valence-corrected chi connectivity index (χ1v) is 5.45. The first-order chi connectivity index (χ1) is 6.35. The van der Waals surface area contributed by atoms with E-state index in [0.717, 1.165) is 19.4 Å². The lowest BCUT2D eigenvalue weighted by atomic mass is 9.78. The van der Waals surface area contributed by atoms with Crippen molar-refractivity contribution < 1.29 is 4.74 Å². The zero-order chi connectivity index (χ0) is 9.15. The molecule has 2 rings (SSSR count). The van der Waals surface area contributed by atoms with E-state index in [-0.39, 0.29) is 5.60 Å². The summed E-state index contributed by atoms with van der Waals surface area (Å²) in [5.74, 6) is 5.49. The minimum atomic E-state index is 0.188. The van der Waals surface area contributed by atoms with Gasteiger partial charge in [0.2, 0.25) is 0 Å². The van der Waals surface area contributed by atoms with Crippen molar-refractivity contribution >= 4 is 0 Å². The van der Waals surface area contributed by atoms with Gasteiger partial charge < -0.3 is 4.74 Å². The fourth-order valence-corrected chi connectivity index (χ4v) is 2.71. The molecule has 0 radical (unpaired) electrons. The van der Waals surface area contributed by atoms with Crippen LogP contribution in [0.4, 0.5) is 0 Å². The molecule has 0 aromatic rings. The largest absolute Gasteiger partial charge is 0.375 e. The minimum absolute atomic E-state index is 0.188. The Bertz CT molecular complexity index is 161. The van der Waals surface area contributed by atoms with Gasteiger partial charge in [-0.2, -0.15) is 0 Å². The SMILES string of the molecule is NNC1CCOC2(CCCCC2)C1. The molecule has 76 valence electrons. The van der Waals surface area contributed by atoms with Gasteiger partial charge in [-0.1, -0.05) is 19.3 Å². The van der Waals surface area contributed by atoms with Crippen LogP contribution in [-0.2, 0) is 4.74 Å². The normalized spacial score (nSPS) is 33.5. The Morgan fingerprint density at radius 3 is 2.69 bits per heavy atom. The van der Waals surface area contributed by atoms with Crippen LogP contribution in [0.3, 0.4) is 0 Å². The first-order valence-electron chi connectivity index (χ1n) is 5.45. The molecule has 1 atom stereocenters. The third kappa shape index (κ3) is 2.03. The molecule has 1 spiro atoms. The Morgan fingerprint density at radius 2 is 2.00 bits per heavy atom. The summed E-state index contributed by atoms with van der Waals surface area (Å²) in [4.78, 5) is 0. The number of nitrogens with one attached hydrogen (secondary N) is 1. The quantitative estimate of drug-likeness (QED) is 0.477. The van der Waals surface area contributed by atoms with Crippen molar-refractivity contribution in [1.29, 1.82) is 0 Å². The molecule has 1 unspecified atom stereocenters. The minimum Gasteiger partial charge on any atom is -0.375 e. The molecule has 1 saturated heterocycles. The molecule has 0 amide bonds. The molecule has 1 heterocycles. The molecule has 2 aliphatic rings. The smallest absolute Gasteiger partial charge is 0.0697 e. The Morgan fingerprint density at radius 1 is 1.23 bits per heavy atom. The van der Waals surface area contributed by atoms with E-state index in [4.69, 9.17) is 10.6 Å². The fraction of sp³-hybridized carbons (Fsp3) is 1.00. The van der Waals surface area contributed by atoms with Gasteiger partial charge in [0, 0.05) is 12.6 Å². The van der Waals surface area contributed by atoms with E-state index in [1.807, 2.05) is 0 Å². The van der Waals surface area contributed by atoms with E-state index in [9.17, 15) is 0 Å². The highest BCUT2D eigenvalue weighted by Crippen LogP contribution is 2.38. The average Bonchev–Trinajstić information content (AvgIpc) is 2.19. The number of rotatable bonds is 1. The summed E-state index contributed by atoms with van der Waals surface area (Å²) in [6.07, 6.45) is 8.71. The van der Waals surface area contributed by atoms with Crippen molar-refractivity contribution in [3.8, 4) is 0 Å². The van der Waals surface area contributed by atoms with Gasteiger partial charge in [0.25, 0.3) is 0 Å². The second-order valence-electron chi connectivity index (χ2n) is 4.45. The van der Waals surface area contributed by atoms with Crippen LogP contribution < -0.4 is 11.3 Å². The zero-order valence-corrected chi connectivity index (χ0v) is 8.22. The van der Waals surface area contributed by atoms with Crippen LogP contribution in [0.25, 0.3) is 0 Å². The van der Waals surface area contributed by atoms with Gasteiger partial charge in [0.05, 0.1) is 5.60 Å². The molecule has 1 saturated carbocycles. The van der Waals surface area contributed by atoms with Crippen LogP contribution in [-0.4, -0.2) is 18.2 Å². The van der Waals surface area contributed by atoms with E-state index >= 15 is 0 Å². The van der Waals surface area contributed by atoms with Crippen molar-refractivity contribution in [1.82, 2.24) is 5.43 Å². The summed E-state index contributed by atoms with van der Waals surface area (Å²) < 4.78 is 5.94. The Balaban J connectivity index is 1.95. The lowest BCUT2D eigenvalue weighted by Crippen LogP contribution is -2.49. The number of hydrogen-bond acceptors (Lipinski definition) is 3. The summed E-state index contributed by atoms with van der Waals surface area (Å²) in [6.45, 7) is 0.884. The Hall–Kier alpha value is -0.120. The molecular weight excluding hydrogens is 164 g/mol. The van der Waals surface area contributed by atoms with Crippen LogP contribution >= 0.6 is 0 Å². The van der Waals surface area contributed by atoms with Crippen molar-refractivity contribution in [2.75, 3.05) is 6.61 Å². The lowest BCUT2D eigenvalue weighted by molar-refractivity contribution is -0.109. The Kier molecular flexibility index (Phi) is 2.86. The van der Waals surface area contributed by atoms with Gasteiger partial charge in [-0.15, -0.1) is 0 Å². The maximum atomic E-state index is 5.94. The lowest BCUT2D eigenvalue weighted by Gasteiger charge is -2.43. The average molecular weight is 184 g/mol. The van der Waals surface area contributed by atoms with E-state index in [1.165, 1.54) is 32.1 Å². The second-order valence-corrected chi connectivity index (χ2v) is 4.45. The van der Waals surface area contributed by atoms with Crippen molar-refractivity contribution in [2.24, 2.45) is 5.84 Å². The van der Waals surface area contributed by atoms with E-state index in [2.05, 4.69) is 5.43 Å². The van der Waals surface area contributed by atoms with Gasteiger partial charge in [-0.25, -0.2) is 0 Å². The van der Waals surface area contributed by atoms with Crippen molar-refractivity contribution in [2.45, 2.75) is 56.6 Å². The van der Waals surface area contributed by atoms with Crippen LogP contribution in [0.2, 0.25) is 0 Å². The third-order valence-corrected chi connectivity index (χ3v) is 3.49. The van der Waals surface area contributed by atoms with Crippen molar-refractivity contribution in [3.05, 3.63) is 0 Å². The predicted octanol–water partition coefficient (Wildman–Crippen LogP) is 1.33. The highest BCUT2D eigenvalue weighted by atomic mass is 16.5. The third-order valence-electron chi connectivity index (χ3n) is 3.49. The van der Waals surface area contributed by atoms with Crippen LogP contribution in [0.5, 0.6) is 0 Å². The summed E-state index contributed by atoms with van der Waals surface area (Å²) in [5, 5.41) is 0. The highest BCUT2D eigenvalue weighted by Gasteiger charge is 2.37. The summed E-state index contributed by atoms with van der Waals surface area (Å²) >= 11 is 0. The fourth-order valence-electron chi connectivity index (χ4n) is 2.71. The number of nitrogens with two attached hydrogens (primary N) is 1. The molecule has 3 nitrogen and oxygen atoms in total. The molecule has 3 heteroatoms. The molecular formula is C10H20N2O. The predicted molar refractivity (Wildman–Crippen MR) is 52.1 cm³/mol. The molecule has 3 N–H and O–H groups in total. The van der Waals surface area contributed by atoms with Gasteiger partial charge in [0.1, 0.15) is 0 Å². The molecule has 0 aromatic heterocycles. The molecule has 0 bridgehead atoms. The molecule has 13 heavy (non-hydrogen) atoms. The monoisotopic (exact) mass is 184 g/mol. The Labute approximate surface area is 80.0 Å². The van der Waals surface area contributed by atoms with Gasteiger partial charge in [-0.05, 0) is 25.7 Å². The number of hydrogen-bond donors (Lipinski definition) is 2. The van der Waals surface area contributed by atoms with E-state index in [0.29, 0.717) is 6.04 Å². The maximum absolute atomic E-state index is 5.94. The van der Waals surface area contributed by atoms with Crippen LogP contribution in [0.15, 0.2) is 0 Å². The zero-order valence-electron chi connectivity index (χ0n) is 8.22. The summed E-state index contributed by atoms with van der Waals surface area (Å²) in [7, 11) is 0. The number of ether oxygens (including phenoxy) is 1. The maximum Gasteiger partial charge on any atom is 0.0697 e. The molecule has 2 fully saturated rings.